The molecule has 3 heterocycles. The summed E-state index contributed by atoms with van der Waals surface area (Å²) < 4.78 is 0. The van der Waals surface area contributed by atoms with Crippen molar-refractivity contribution in [1.29, 1.82) is 0 Å². The minimum Gasteiger partial charge on any atom is -0.360 e. The number of carbonyl (C=O) groups excluding carboxylic acids is 1. The summed E-state index contributed by atoms with van der Waals surface area (Å²) >= 11 is 1.80. The highest BCUT2D eigenvalue weighted by Gasteiger charge is 2.21. The van der Waals surface area contributed by atoms with Crippen LogP contribution in [0.25, 0.3) is 0 Å². The Morgan fingerprint density at radius 3 is 2.62 bits per heavy atom. The molecule has 154 valence electrons. The average Bonchev–Trinajstić information content (AvgIpc) is 3.42. The van der Waals surface area contributed by atoms with Gasteiger partial charge in [0, 0.05) is 59.3 Å². The number of thiophene rings is 1. The maximum Gasteiger partial charge on any atom is 0.222 e. The lowest BCUT2D eigenvalue weighted by molar-refractivity contribution is -0.128. The Kier molecular flexibility index (Phi) is 6.34. The lowest BCUT2D eigenvalue weighted by atomic mass is 10.1. The van der Waals surface area contributed by atoms with Crippen LogP contribution in [0.1, 0.15) is 24.0 Å². The molecule has 1 aromatic heterocycles. The molecule has 0 radical (unpaired) electrons. The predicted octanol–water partition coefficient (Wildman–Crippen LogP) is 2.77. The molecule has 0 atom stereocenters. The number of carbonyl (C=O) groups is 1. The first-order valence-corrected chi connectivity index (χ1v) is 11.2. The van der Waals surface area contributed by atoms with E-state index in [1.165, 1.54) is 16.1 Å². The molecular formula is C22H29N5OS. The van der Waals surface area contributed by atoms with Crippen LogP contribution in [0.4, 0.5) is 5.00 Å². The second-order valence-corrected chi connectivity index (χ2v) is 8.49. The summed E-state index contributed by atoms with van der Waals surface area (Å²) in [5.41, 5.74) is 2.41. The molecule has 2 saturated heterocycles. The van der Waals surface area contributed by atoms with Gasteiger partial charge in [-0.05, 0) is 35.1 Å². The number of amides is 1. The zero-order valence-electron chi connectivity index (χ0n) is 17.0. The zero-order valence-corrected chi connectivity index (χ0v) is 17.8. The second-order valence-electron chi connectivity index (χ2n) is 7.56. The van der Waals surface area contributed by atoms with E-state index in [1.54, 1.807) is 11.3 Å². The summed E-state index contributed by atoms with van der Waals surface area (Å²) in [5.74, 6) is 1.23. The smallest absolute Gasteiger partial charge is 0.222 e. The number of likely N-dealkylation sites (tertiary alicyclic amines) is 1. The highest BCUT2D eigenvalue weighted by atomic mass is 32.1. The first-order valence-electron chi connectivity index (χ1n) is 10.3. The molecule has 1 N–H and O–H groups in total. The Labute approximate surface area is 176 Å². The van der Waals surface area contributed by atoms with E-state index in [2.05, 4.69) is 61.9 Å². The number of aliphatic imine (C=N–C) groups is 1. The molecule has 2 aromatic rings. The molecule has 2 aliphatic rings. The van der Waals surface area contributed by atoms with Crippen LogP contribution in [0.2, 0.25) is 0 Å². The molecular weight excluding hydrogens is 382 g/mol. The maximum absolute atomic E-state index is 11.9. The molecule has 29 heavy (non-hydrogen) atoms. The van der Waals surface area contributed by atoms with Crippen LogP contribution in [0.3, 0.4) is 0 Å². The van der Waals surface area contributed by atoms with Gasteiger partial charge >= 0.3 is 0 Å². The molecule has 0 saturated carbocycles. The van der Waals surface area contributed by atoms with Gasteiger partial charge in [-0.15, -0.1) is 11.3 Å². The van der Waals surface area contributed by atoms with Gasteiger partial charge in [-0.2, -0.15) is 0 Å². The molecule has 0 unspecified atom stereocenters. The molecule has 1 aromatic carbocycles. The van der Waals surface area contributed by atoms with Crippen LogP contribution in [0, 0.1) is 0 Å². The summed E-state index contributed by atoms with van der Waals surface area (Å²) in [4.78, 5) is 23.1. The third-order valence-electron chi connectivity index (χ3n) is 5.60. The fourth-order valence-corrected chi connectivity index (χ4v) is 4.82. The van der Waals surface area contributed by atoms with Gasteiger partial charge in [-0.1, -0.05) is 24.3 Å². The van der Waals surface area contributed by atoms with E-state index in [-0.39, 0.29) is 5.91 Å². The summed E-state index contributed by atoms with van der Waals surface area (Å²) in [7, 11) is 1.85. The number of hydrogen-bond acceptors (Lipinski definition) is 4. The highest BCUT2D eigenvalue weighted by Crippen LogP contribution is 2.22. The zero-order chi connectivity index (χ0) is 20.1. The molecule has 0 spiro atoms. The number of benzene rings is 1. The second kappa shape index (κ2) is 9.31. The van der Waals surface area contributed by atoms with Gasteiger partial charge in [-0.25, -0.2) is 0 Å². The molecule has 0 aliphatic carbocycles. The van der Waals surface area contributed by atoms with E-state index < -0.39 is 0 Å². The first-order chi connectivity index (χ1) is 14.2. The molecule has 1 amide bonds. The lowest BCUT2D eigenvalue weighted by Gasteiger charge is -2.37. The quantitative estimate of drug-likeness (QED) is 0.607. The van der Waals surface area contributed by atoms with E-state index in [4.69, 9.17) is 0 Å². The van der Waals surface area contributed by atoms with Crippen LogP contribution < -0.4 is 10.2 Å². The van der Waals surface area contributed by atoms with Crippen molar-refractivity contribution in [1.82, 2.24) is 15.1 Å². The molecule has 6 nitrogen and oxygen atoms in total. The third kappa shape index (κ3) is 4.90. The number of guanidine groups is 1. The molecule has 0 bridgehead atoms. The van der Waals surface area contributed by atoms with Crippen molar-refractivity contribution < 1.29 is 4.79 Å². The normalized spacial score (nSPS) is 17.9. The Bertz CT molecular complexity index is 843. The third-order valence-corrected chi connectivity index (χ3v) is 6.52. The monoisotopic (exact) mass is 411 g/mol. The SMILES string of the molecule is CN=C(NCc1cccc(CN2CCCC2=O)c1)N1CCN(c2cccs2)CC1. The van der Waals surface area contributed by atoms with Gasteiger partial charge in [0.2, 0.25) is 5.91 Å². The van der Waals surface area contributed by atoms with Crippen molar-refractivity contribution in [2.75, 3.05) is 44.7 Å². The Hall–Kier alpha value is -2.54. The maximum atomic E-state index is 11.9. The van der Waals surface area contributed by atoms with Gasteiger partial charge in [0.15, 0.2) is 5.96 Å². The van der Waals surface area contributed by atoms with Crippen LogP contribution in [0.15, 0.2) is 46.8 Å². The number of nitrogens with one attached hydrogen (secondary N) is 1. The number of nitrogens with zero attached hydrogens (tertiary/aromatic N) is 4. The molecule has 4 rings (SSSR count). The van der Waals surface area contributed by atoms with Gasteiger partial charge in [-0.3, -0.25) is 9.79 Å². The van der Waals surface area contributed by atoms with Gasteiger partial charge < -0.3 is 20.0 Å². The van der Waals surface area contributed by atoms with Crippen LogP contribution in [-0.4, -0.2) is 61.4 Å². The molecule has 2 fully saturated rings. The fourth-order valence-electron chi connectivity index (χ4n) is 4.03. The summed E-state index contributed by atoms with van der Waals surface area (Å²) in [6, 6.07) is 12.8. The van der Waals surface area contributed by atoms with Crippen molar-refractivity contribution in [2.45, 2.75) is 25.9 Å². The van der Waals surface area contributed by atoms with E-state index in [0.717, 1.165) is 51.6 Å². The highest BCUT2D eigenvalue weighted by molar-refractivity contribution is 7.14. The van der Waals surface area contributed by atoms with E-state index in [1.807, 2.05) is 11.9 Å². The average molecular weight is 412 g/mol. The largest absolute Gasteiger partial charge is 0.360 e. The summed E-state index contributed by atoms with van der Waals surface area (Å²) in [6.45, 7) is 6.29. The van der Waals surface area contributed by atoms with E-state index >= 15 is 0 Å². The minimum absolute atomic E-state index is 0.274. The Morgan fingerprint density at radius 2 is 1.93 bits per heavy atom. The number of piperazine rings is 1. The first kappa shape index (κ1) is 19.8. The van der Waals surface area contributed by atoms with Gasteiger partial charge in [0.25, 0.3) is 0 Å². The number of anilines is 1. The molecule has 7 heteroatoms. The lowest BCUT2D eigenvalue weighted by Crippen LogP contribution is -2.52. The number of rotatable bonds is 5. The van der Waals surface area contributed by atoms with Crippen molar-refractivity contribution in [3.05, 3.63) is 52.9 Å². The van der Waals surface area contributed by atoms with E-state index in [0.29, 0.717) is 13.0 Å². The van der Waals surface area contributed by atoms with Crippen molar-refractivity contribution >= 4 is 28.2 Å². The van der Waals surface area contributed by atoms with Crippen LogP contribution in [0.5, 0.6) is 0 Å². The van der Waals surface area contributed by atoms with Crippen molar-refractivity contribution in [2.24, 2.45) is 4.99 Å². The van der Waals surface area contributed by atoms with E-state index in [9.17, 15) is 4.79 Å². The topological polar surface area (TPSA) is 51.2 Å². The van der Waals surface area contributed by atoms with Crippen molar-refractivity contribution in [3.8, 4) is 0 Å². The Morgan fingerprint density at radius 1 is 1.10 bits per heavy atom. The van der Waals surface area contributed by atoms with Crippen LogP contribution >= 0.6 is 11.3 Å². The van der Waals surface area contributed by atoms with Crippen LogP contribution in [-0.2, 0) is 17.9 Å². The summed E-state index contributed by atoms with van der Waals surface area (Å²) in [6.07, 6.45) is 1.67. The minimum atomic E-state index is 0.274. The van der Waals surface area contributed by atoms with Gasteiger partial charge in [0.05, 0.1) is 5.00 Å². The van der Waals surface area contributed by atoms with Gasteiger partial charge in [0.1, 0.15) is 0 Å². The number of hydrogen-bond donors (Lipinski definition) is 1. The molecule has 2 aliphatic heterocycles. The summed E-state index contributed by atoms with van der Waals surface area (Å²) in [5, 5.41) is 7.00. The Balaban J connectivity index is 1.30. The van der Waals surface area contributed by atoms with Crippen molar-refractivity contribution in [3.63, 3.8) is 0 Å². The standard InChI is InChI=1S/C22H29N5OS/c1-23-22(26-12-10-25(11-13-26)21-8-4-14-29-21)24-16-18-5-2-6-19(15-18)17-27-9-3-7-20(27)28/h2,4-6,8,14-15H,3,7,9-13,16-17H2,1H3,(H,23,24). The fraction of sp³-hybridized carbons (Fsp3) is 0.455. The predicted molar refractivity (Wildman–Crippen MR) is 119 cm³/mol.